The van der Waals surface area contributed by atoms with Crippen molar-refractivity contribution in [2.45, 2.75) is 39.5 Å². The van der Waals surface area contributed by atoms with E-state index in [1.54, 1.807) is 7.11 Å². The third-order valence-corrected chi connectivity index (χ3v) is 3.35. The summed E-state index contributed by atoms with van der Waals surface area (Å²) in [4.78, 5) is 0. The largest absolute Gasteiger partial charge is 0.496 e. The Morgan fingerprint density at radius 3 is 2.53 bits per heavy atom. The highest BCUT2D eigenvalue weighted by molar-refractivity contribution is 5.38. The number of hydrogen-bond donors (Lipinski definition) is 1. The molecule has 17 heavy (non-hydrogen) atoms. The second-order valence-electron chi connectivity index (χ2n) is 5.17. The number of rotatable bonds is 6. The fraction of sp³-hybridized carbons (Fsp3) is 0.600. The topological polar surface area (TPSA) is 21.3 Å². The van der Waals surface area contributed by atoms with E-state index in [0.29, 0.717) is 0 Å². The molecule has 0 fully saturated rings. The second-order valence-corrected chi connectivity index (χ2v) is 5.17. The van der Waals surface area contributed by atoms with E-state index >= 15 is 0 Å². The number of nitrogens with one attached hydrogen (secondary N) is 1. The molecule has 0 atom stereocenters. The predicted octanol–water partition coefficient (Wildman–Crippen LogP) is 3.28. The van der Waals surface area contributed by atoms with Gasteiger partial charge in [-0.25, -0.2) is 0 Å². The van der Waals surface area contributed by atoms with Crippen LogP contribution in [-0.4, -0.2) is 20.2 Å². The van der Waals surface area contributed by atoms with Crippen LogP contribution in [0, 0.1) is 6.92 Å². The first-order valence-corrected chi connectivity index (χ1v) is 6.37. The molecule has 1 rings (SSSR count). The molecule has 0 saturated heterocycles. The highest BCUT2D eigenvalue weighted by Gasteiger charge is 2.20. The molecule has 0 amide bonds. The van der Waals surface area contributed by atoms with Crippen molar-refractivity contribution in [3.8, 4) is 5.75 Å². The average Bonchev–Trinajstić information content (AvgIpc) is 2.29. The first-order chi connectivity index (χ1) is 8.01. The lowest BCUT2D eigenvalue weighted by Gasteiger charge is -2.26. The number of methoxy groups -OCH3 is 1. The van der Waals surface area contributed by atoms with Crippen LogP contribution in [0.4, 0.5) is 0 Å². The van der Waals surface area contributed by atoms with Crippen LogP contribution in [0.15, 0.2) is 18.2 Å². The molecule has 0 unspecified atom stereocenters. The Morgan fingerprint density at radius 2 is 2.00 bits per heavy atom. The van der Waals surface area contributed by atoms with Gasteiger partial charge in [0.2, 0.25) is 0 Å². The fourth-order valence-corrected chi connectivity index (χ4v) is 2.02. The van der Waals surface area contributed by atoms with Crippen molar-refractivity contribution in [3.63, 3.8) is 0 Å². The molecule has 1 aromatic rings. The Kier molecular flexibility index (Phi) is 5.01. The lowest BCUT2D eigenvalue weighted by molar-refractivity contribution is 0.410. The second kappa shape index (κ2) is 6.06. The van der Waals surface area contributed by atoms with Gasteiger partial charge < -0.3 is 10.1 Å². The molecule has 0 aromatic heterocycles. The zero-order chi connectivity index (χ0) is 12.9. The molecule has 0 radical (unpaired) electrons. The van der Waals surface area contributed by atoms with Gasteiger partial charge >= 0.3 is 0 Å². The van der Waals surface area contributed by atoms with Gasteiger partial charge in [-0.15, -0.1) is 0 Å². The zero-order valence-corrected chi connectivity index (χ0v) is 11.8. The van der Waals surface area contributed by atoms with Crippen molar-refractivity contribution >= 4 is 0 Å². The third kappa shape index (κ3) is 3.74. The van der Waals surface area contributed by atoms with E-state index in [1.807, 2.05) is 0 Å². The third-order valence-electron chi connectivity index (χ3n) is 3.35. The number of ether oxygens (including phenoxy) is 1. The molecule has 0 bridgehead atoms. The molecule has 0 aliphatic carbocycles. The van der Waals surface area contributed by atoms with Crippen LogP contribution in [0.3, 0.4) is 0 Å². The summed E-state index contributed by atoms with van der Waals surface area (Å²) in [5.41, 5.74) is 2.80. The van der Waals surface area contributed by atoms with E-state index in [0.717, 1.165) is 25.3 Å². The minimum Gasteiger partial charge on any atom is -0.496 e. The monoisotopic (exact) mass is 235 g/mol. The maximum absolute atomic E-state index is 5.30. The van der Waals surface area contributed by atoms with Crippen molar-refractivity contribution in [1.82, 2.24) is 5.32 Å². The van der Waals surface area contributed by atoms with Crippen molar-refractivity contribution < 1.29 is 4.74 Å². The molecule has 96 valence electrons. The zero-order valence-electron chi connectivity index (χ0n) is 11.8. The van der Waals surface area contributed by atoms with Crippen molar-refractivity contribution in [2.24, 2.45) is 0 Å². The summed E-state index contributed by atoms with van der Waals surface area (Å²) in [5.74, 6) is 0.969. The minimum atomic E-state index is 0.208. The van der Waals surface area contributed by atoms with Gasteiger partial charge in [-0.05, 0) is 49.0 Å². The average molecular weight is 235 g/mol. The van der Waals surface area contributed by atoms with Gasteiger partial charge in [-0.1, -0.05) is 32.9 Å². The van der Waals surface area contributed by atoms with Crippen LogP contribution < -0.4 is 10.1 Å². The molecule has 0 saturated carbocycles. The van der Waals surface area contributed by atoms with Crippen LogP contribution in [-0.2, 0) is 5.41 Å². The number of hydrogen-bond acceptors (Lipinski definition) is 2. The van der Waals surface area contributed by atoms with E-state index in [9.17, 15) is 0 Å². The van der Waals surface area contributed by atoms with E-state index in [1.165, 1.54) is 11.1 Å². The van der Waals surface area contributed by atoms with Gasteiger partial charge in [0.1, 0.15) is 5.75 Å². The van der Waals surface area contributed by atoms with Gasteiger partial charge in [0.25, 0.3) is 0 Å². The first-order valence-electron chi connectivity index (χ1n) is 6.37. The van der Waals surface area contributed by atoms with E-state index in [4.69, 9.17) is 4.74 Å². The van der Waals surface area contributed by atoms with Crippen molar-refractivity contribution in [3.05, 3.63) is 29.3 Å². The first kappa shape index (κ1) is 14.0. The fourth-order valence-electron chi connectivity index (χ4n) is 2.02. The lowest BCUT2D eigenvalue weighted by Crippen LogP contribution is -2.25. The Bertz CT molecular complexity index is 358. The molecule has 0 spiro atoms. The van der Waals surface area contributed by atoms with Crippen LogP contribution in [0.5, 0.6) is 5.75 Å². The molecule has 2 nitrogen and oxygen atoms in total. The molecule has 0 heterocycles. The van der Waals surface area contributed by atoms with Crippen LogP contribution in [0.1, 0.15) is 38.3 Å². The molecule has 0 aliphatic rings. The quantitative estimate of drug-likeness (QED) is 0.764. The van der Waals surface area contributed by atoms with Crippen LogP contribution in [0.25, 0.3) is 0 Å². The molecule has 2 heteroatoms. The van der Waals surface area contributed by atoms with Crippen molar-refractivity contribution in [1.29, 1.82) is 0 Å². The van der Waals surface area contributed by atoms with E-state index < -0.39 is 0 Å². The summed E-state index contributed by atoms with van der Waals surface area (Å²) in [6.07, 6.45) is 1.15. The van der Waals surface area contributed by atoms with Crippen LogP contribution in [0.2, 0.25) is 0 Å². The SMILES string of the molecule is CCNCCC(C)(C)c1ccc(OC)c(C)c1. The highest BCUT2D eigenvalue weighted by Crippen LogP contribution is 2.30. The molecular formula is C15H25NO. The summed E-state index contributed by atoms with van der Waals surface area (Å²) in [7, 11) is 1.72. The summed E-state index contributed by atoms with van der Waals surface area (Å²) < 4.78 is 5.30. The Morgan fingerprint density at radius 1 is 1.29 bits per heavy atom. The summed E-state index contributed by atoms with van der Waals surface area (Å²) >= 11 is 0. The molecule has 1 N–H and O–H groups in total. The molecule has 0 aliphatic heterocycles. The molecule has 1 aromatic carbocycles. The normalized spacial score (nSPS) is 11.6. The van der Waals surface area contributed by atoms with Gasteiger partial charge in [-0.2, -0.15) is 0 Å². The standard InChI is InChI=1S/C15H25NO/c1-6-16-10-9-15(3,4)13-7-8-14(17-5)12(2)11-13/h7-8,11,16H,6,9-10H2,1-5H3. The minimum absolute atomic E-state index is 0.208. The van der Waals surface area contributed by atoms with Gasteiger partial charge in [0.05, 0.1) is 7.11 Å². The van der Waals surface area contributed by atoms with Crippen LogP contribution >= 0.6 is 0 Å². The van der Waals surface area contributed by atoms with E-state index in [-0.39, 0.29) is 5.41 Å². The summed E-state index contributed by atoms with van der Waals surface area (Å²) in [6.45, 7) is 10.9. The van der Waals surface area contributed by atoms with E-state index in [2.05, 4.69) is 51.2 Å². The smallest absolute Gasteiger partial charge is 0.121 e. The molecular weight excluding hydrogens is 210 g/mol. The summed E-state index contributed by atoms with van der Waals surface area (Å²) in [5, 5.41) is 3.39. The number of aryl methyl sites for hydroxylation is 1. The van der Waals surface area contributed by atoms with Gasteiger partial charge in [0.15, 0.2) is 0 Å². The Balaban J connectivity index is 2.80. The predicted molar refractivity (Wildman–Crippen MR) is 73.9 cm³/mol. The van der Waals surface area contributed by atoms with Gasteiger partial charge in [0, 0.05) is 0 Å². The Labute approximate surface area is 105 Å². The highest BCUT2D eigenvalue weighted by atomic mass is 16.5. The van der Waals surface area contributed by atoms with Gasteiger partial charge in [-0.3, -0.25) is 0 Å². The summed E-state index contributed by atoms with van der Waals surface area (Å²) in [6, 6.07) is 6.49. The van der Waals surface area contributed by atoms with Crippen molar-refractivity contribution in [2.75, 3.05) is 20.2 Å². The lowest BCUT2D eigenvalue weighted by atomic mass is 9.81. The number of benzene rings is 1. The Hall–Kier alpha value is -1.02. The maximum Gasteiger partial charge on any atom is 0.121 e. The maximum atomic E-state index is 5.30.